The van der Waals surface area contributed by atoms with E-state index in [-0.39, 0.29) is 6.04 Å². The molecule has 0 saturated carbocycles. The van der Waals surface area contributed by atoms with Gasteiger partial charge in [-0.3, -0.25) is 0 Å². The fraction of sp³-hybridized carbons (Fsp3) is 0.800. The van der Waals surface area contributed by atoms with Crippen LogP contribution >= 0.6 is 0 Å². The van der Waals surface area contributed by atoms with Crippen molar-refractivity contribution in [1.29, 1.82) is 0 Å². The first-order valence-electron chi connectivity index (χ1n) is 5.56. The van der Waals surface area contributed by atoms with Crippen LogP contribution in [0.15, 0.2) is 6.20 Å². The van der Waals surface area contributed by atoms with Gasteiger partial charge in [0.1, 0.15) is 0 Å². The van der Waals surface area contributed by atoms with Crippen LogP contribution in [-0.2, 0) is 0 Å². The van der Waals surface area contributed by atoms with Crippen LogP contribution in [-0.4, -0.2) is 28.1 Å². The number of rotatable bonds is 3. The molecule has 1 aromatic rings. The first-order chi connectivity index (χ1) is 7.18. The molecule has 3 N–H and O–H groups in total. The zero-order valence-corrected chi connectivity index (χ0v) is 9.35. The smallest absolute Gasteiger partial charge is 0.0996 e. The zero-order chi connectivity index (χ0) is 10.8. The predicted octanol–water partition coefficient (Wildman–Crippen LogP) is 0.468. The SMILES string of the molecule is CC(C)[C@H](N)c1cn([C@@H]2CCNC2)nn1. The number of hydrogen-bond acceptors (Lipinski definition) is 4. The van der Waals surface area contributed by atoms with Gasteiger partial charge in [0.2, 0.25) is 0 Å². The van der Waals surface area contributed by atoms with Crippen molar-refractivity contribution in [2.45, 2.75) is 32.4 Å². The maximum atomic E-state index is 6.02. The second-order valence-corrected chi connectivity index (χ2v) is 4.54. The van der Waals surface area contributed by atoms with Crippen molar-refractivity contribution >= 4 is 0 Å². The summed E-state index contributed by atoms with van der Waals surface area (Å²) >= 11 is 0. The predicted molar refractivity (Wildman–Crippen MR) is 58.3 cm³/mol. The standard InChI is InChI=1S/C10H19N5/c1-7(2)10(11)9-6-15(14-13-9)8-3-4-12-5-8/h6-8,10,12H,3-5,11H2,1-2H3/t8-,10+/m1/s1. The Morgan fingerprint density at radius 2 is 2.40 bits per heavy atom. The highest BCUT2D eigenvalue weighted by molar-refractivity contribution is 5.01. The molecule has 84 valence electrons. The Labute approximate surface area is 90.0 Å². The van der Waals surface area contributed by atoms with Crippen molar-refractivity contribution in [3.63, 3.8) is 0 Å². The van der Waals surface area contributed by atoms with Crippen molar-refractivity contribution in [2.75, 3.05) is 13.1 Å². The van der Waals surface area contributed by atoms with Gasteiger partial charge in [0.15, 0.2) is 0 Å². The third-order valence-corrected chi connectivity index (χ3v) is 3.00. The summed E-state index contributed by atoms with van der Waals surface area (Å²) in [4.78, 5) is 0. The first-order valence-corrected chi connectivity index (χ1v) is 5.56. The Morgan fingerprint density at radius 1 is 1.60 bits per heavy atom. The van der Waals surface area contributed by atoms with Crippen molar-refractivity contribution in [3.8, 4) is 0 Å². The largest absolute Gasteiger partial charge is 0.322 e. The molecular weight excluding hydrogens is 190 g/mol. The van der Waals surface area contributed by atoms with Gasteiger partial charge >= 0.3 is 0 Å². The molecule has 0 amide bonds. The van der Waals surface area contributed by atoms with Gasteiger partial charge < -0.3 is 11.1 Å². The molecule has 2 atom stereocenters. The Morgan fingerprint density at radius 3 is 3.00 bits per heavy atom. The molecule has 1 aliphatic rings. The number of nitrogens with two attached hydrogens (primary N) is 1. The summed E-state index contributed by atoms with van der Waals surface area (Å²) in [6.07, 6.45) is 3.11. The minimum atomic E-state index is -0.00638. The molecule has 1 aliphatic heterocycles. The maximum absolute atomic E-state index is 6.02. The van der Waals surface area contributed by atoms with Crippen LogP contribution in [0.4, 0.5) is 0 Å². The molecule has 1 saturated heterocycles. The summed E-state index contributed by atoms with van der Waals surface area (Å²) in [6.45, 7) is 6.25. The molecule has 0 aromatic carbocycles. The van der Waals surface area contributed by atoms with Gasteiger partial charge in [-0.2, -0.15) is 0 Å². The number of nitrogens with zero attached hydrogens (tertiary/aromatic N) is 3. The molecule has 5 heteroatoms. The minimum absolute atomic E-state index is 0.00638. The van der Waals surface area contributed by atoms with Crippen LogP contribution < -0.4 is 11.1 Å². The minimum Gasteiger partial charge on any atom is -0.322 e. The summed E-state index contributed by atoms with van der Waals surface area (Å²) < 4.78 is 1.94. The summed E-state index contributed by atoms with van der Waals surface area (Å²) in [5.74, 6) is 0.400. The van der Waals surface area contributed by atoms with E-state index in [1.54, 1.807) is 0 Å². The van der Waals surface area contributed by atoms with Crippen molar-refractivity contribution in [1.82, 2.24) is 20.3 Å². The van der Waals surface area contributed by atoms with Crippen molar-refractivity contribution in [3.05, 3.63) is 11.9 Å². The van der Waals surface area contributed by atoms with Gasteiger partial charge in [-0.1, -0.05) is 19.1 Å². The average Bonchev–Trinajstić information content (AvgIpc) is 2.86. The quantitative estimate of drug-likeness (QED) is 0.759. The second-order valence-electron chi connectivity index (χ2n) is 4.54. The summed E-state index contributed by atoms with van der Waals surface area (Å²) in [7, 11) is 0. The monoisotopic (exact) mass is 209 g/mol. The van der Waals surface area contributed by atoms with Crippen LogP contribution in [0, 0.1) is 5.92 Å². The molecular formula is C10H19N5. The van der Waals surface area contributed by atoms with E-state index >= 15 is 0 Å². The third-order valence-electron chi connectivity index (χ3n) is 3.00. The molecule has 15 heavy (non-hydrogen) atoms. The number of hydrogen-bond donors (Lipinski definition) is 2. The summed E-state index contributed by atoms with van der Waals surface area (Å²) in [5.41, 5.74) is 6.92. The molecule has 1 fully saturated rings. The topological polar surface area (TPSA) is 68.8 Å². The van der Waals surface area contributed by atoms with Crippen LogP contribution in [0.5, 0.6) is 0 Å². The lowest BCUT2D eigenvalue weighted by Gasteiger charge is -2.11. The fourth-order valence-corrected chi connectivity index (χ4v) is 1.83. The van der Waals surface area contributed by atoms with Crippen LogP contribution in [0.1, 0.15) is 38.0 Å². The molecule has 0 bridgehead atoms. The lowest BCUT2D eigenvalue weighted by atomic mass is 10.0. The lowest BCUT2D eigenvalue weighted by Crippen LogP contribution is -2.17. The van der Waals surface area contributed by atoms with Crippen LogP contribution in [0.3, 0.4) is 0 Å². The van der Waals surface area contributed by atoms with Crippen LogP contribution in [0.2, 0.25) is 0 Å². The molecule has 0 spiro atoms. The first kappa shape index (κ1) is 10.6. The molecule has 0 aliphatic carbocycles. The van der Waals surface area contributed by atoms with Crippen molar-refractivity contribution < 1.29 is 0 Å². The van der Waals surface area contributed by atoms with E-state index in [4.69, 9.17) is 5.73 Å². The van der Waals surface area contributed by atoms with Crippen LogP contribution in [0.25, 0.3) is 0 Å². The molecule has 0 radical (unpaired) electrons. The highest BCUT2D eigenvalue weighted by Gasteiger charge is 2.20. The Balaban J connectivity index is 2.09. The molecule has 0 unspecified atom stereocenters. The van der Waals surface area contributed by atoms with E-state index in [1.807, 2.05) is 10.9 Å². The third kappa shape index (κ3) is 2.18. The molecule has 1 aromatic heterocycles. The van der Waals surface area contributed by atoms with Gasteiger partial charge in [-0.05, 0) is 18.9 Å². The summed E-state index contributed by atoms with van der Waals surface area (Å²) in [5, 5.41) is 11.6. The highest BCUT2D eigenvalue weighted by atomic mass is 15.4. The maximum Gasteiger partial charge on any atom is 0.0996 e. The van der Waals surface area contributed by atoms with Gasteiger partial charge in [-0.15, -0.1) is 5.10 Å². The zero-order valence-electron chi connectivity index (χ0n) is 9.35. The van der Waals surface area contributed by atoms with Crippen molar-refractivity contribution in [2.24, 2.45) is 11.7 Å². The molecule has 2 rings (SSSR count). The lowest BCUT2D eigenvalue weighted by molar-refractivity contribution is 0.476. The molecule has 5 nitrogen and oxygen atoms in total. The van der Waals surface area contributed by atoms with Gasteiger partial charge in [-0.25, -0.2) is 4.68 Å². The van der Waals surface area contributed by atoms with E-state index in [1.165, 1.54) is 0 Å². The Hall–Kier alpha value is -0.940. The van der Waals surface area contributed by atoms with E-state index in [2.05, 4.69) is 29.5 Å². The fourth-order valence-electron chi connectivity index (χ4n) is 1.83. The van der Waals surface area contributed by atoms with E-state index < -0.39 is 0 Å². The van der Waals surface area contributed by atoms with Gasteiger partial charge in [0.05, 0.1) is 24.0 Å². The van der Waals surface area contributed by atoms with E-state index in [0.717, 1.165) is 25.2 Å². The number of aromatic nitrogens is 3. The average molecular weight is 209 g/mol. The Bertz CT molecular complexity index is 297. The van der Waals surface area contributed by atoms with Gasteiger partial charge in [0.25, 0.3) is 0 Å². The van der Waals surface area contributed by atoms with E-state index in [9.17, 15) is 0 Å². The van der Waals surface area contributed by atoms with E-state index in [0.29, 0.717) is 12.0 Å². The Kier molecular flexibility index (Phi) is 3.02. The van der Waals surface area contributed by atoms with Gasteiger partial charge in [0, 0.05) is 6.54 Å². The number of nitrogens with one attached hydrogen (secondary N) is 1. The summed E-state index contributed by atoms with van der Waals surface area (Å²) in [6, 6.07) is 0.443. The normalized spacial score (nSPS) is 23.6. The second kappa shape index (κ2) is 4.28. The highest BCUT2D eigenvalue weighted by Crippen LogP contribution is 2.19. The molecule has 2 heterocycles.